The summed E-state index contributed by atoms with van der Waals surface area (Å²) in [7, 11) is 0. The molecule has 1 saturated heterocycles. The summed E-state index contributed by atoms with van der Waals surface area (Å²) >= 11 is 0. The third kappa shape index (κ3) is 1.22. The number of carbonyl (C=O) groups excluding carboxylic acids is 1. The zero-order valence-electron chi connectivity index (χ0n) is 9.65. The van der Waals surface area contributed by atoms with E-state index in [4.69, 9.17) is 0 Å². The van der Waals surface area contributed by atoms with Gasteiger partial charge >= 0.3 is 0 Å². The molecule has 0 radical (unpaired) electrons. The lowest BCUT2D eigenvalue weighted by molar-refractivity contribution is -0.133. The van der Waals surface area contributed by atoms with Gasteiger partial charge in [0.1, 0.15) is 0 Å². The fourth-order valence-electron chi connectivity index (χ4n) is 3.23. The number of hydrogen-bond acceptors (Lipinski definition) is 1. The van der Waals surface area contributed by atoms with Gasteiger partial charge in [-0.05, 0) is 30.4 Å². The number of rotatable bonds is 2. The Morgan fingerprint density at radius 3 is 2.31 bits per heavy atom. The normalized spacial score (nSPS) is 25.9. The van der Waals surface area contributed by atoms with Gasteiger partial charge in [-0.1, -0.05) is 31.2 Å². The van der Waals surface area contributed by atoms with Crippen molar-refractivity contribution in [3.05, 3.63) is 35.4 Å². The van der Waals surface area contributed by atoms with Crippen LogP contribution in [0, 0.1) is 0 Å². The topological polar surface area (TPSA) is 20.3 Å². The van der Waals surface area contributed by atoms with Gasteiger partial charge in [0.15, 0.2) is 0 Å². The minimum absolute atomic E-state index is 0.339. The van der Waals surface area contributed by atoms with Crippen LogP contribution in [0.25, 0.3) is 0 Å². The lowest BCUT2D eigenvalue weighted by atomic mass is 9.92. The molecule has 1 fully saturated rings. The molecule has 2 bridgehead atoms. The van der Waals surface area contributed by atoms with E-state index < -0.39 is 0 Å². The molecule has 84 valence electrons. The maximum Gasteiger partial charge on any atom is 0.223 e. The van der Waals surface area contributed by atoms with Crippen molar-refractivity contribution >= 4 is 5.91 Å². The van der Waals surface area contributed by atoms with Crippen LogP contribution in [-0.2, 0) is 4.79 Å². The van der Waals surface area contributed by atoms with Crippen molar-refractivity contribution in [1.82, 2.24) is 4.90 Å². The number of nitrogens with zero attached hydrogens (tertiary/aromatic N) is 1. The smallest absolute Gasteiger partial charge is 0.223 e. The highest BCUT2D eigenvalue weighted by atomic mass is 16.2. The molecule has 16 heavy (non-hydrogen) atoms. The standard InChI is InChI=1S/C14H17NO/c1-2-5-14(16)15-12-8-9-13(15)11-7-4-3-6-10(11)12/h3-4,6-7,12-13H,2,5,8-9H2,1H3. The number of fused-ring (bicyclic) bond motifs is 5. The Morgan fingerprint density at radius 2 is 1.81 bits per heavy atom. The van der Waals surface area contributed by atoms with Crippen LogP contribution in [0.4, 0.5) is 0 Å². The average Bonchev–Trinajstić information content (AvgIpc) is 2.86. The van der Waals surface area contributed by atoms with E-state index in [9.17, 15) is 4.79 Å². The second-order valence-corrected chi connectivity index (χ2v) is 4.79. The Hall–Kier alpha value is -1.31. The third-order valence-corrected chi connectivity index (χ3v) is 3.85. The lowest BCUT2D eigenvalue weighted by Gasteiger charge is -2.22. The summed E-state index contributed by atoms with van der Waals surface area (Å²) in [5, 5.41) is 0. The molecular formula is C14H17NO. The van der Waals surface area contributed by atoms with Crippen molar-refractivity contribution in [3.63, 3.8) is 0 Å². The van der Waals surface area contributed by atoms with Gasteiger partial charge < -0.3 is 4.90 Å². The summed E-state index contributed by atoms with van der Waals surface area (Å²) in [6.45, 7) is 2.07. The Labute approximate surface area is 96.3 Å². The van der Waals surface area contributed by atoms with Gasteiger partial charge in [0.2, 0.25) is 5.91 Å². The molecule has 0 saturated carbocycles. The highest BCUT2D eigenvalue weighted by Crippen LogP contribution is 2.53. The first-order valence-electron chi connectivity index (χ1n) is 6.23. The summed E-state index contributed by atoms with van der Waals surface area (Å²) in [5.74, 6) is 0.339. The van der Waals surface area contributed by atoms with E-state index >= 15 is 0 Å². The highest BCUT2D eigenvalue weighted by molar-refractivity contribution is 5.79. The number of hydrogen-bond donors (Lipinski definition) is 0. The van der Waals surface area contributed by atoms with Gasteiger partial charge in [-0.2, -0.15) is 0 Å². The minimum Gasteiger partial charge on any atom is -0.329 e. The molecule has 3 rings (SSSR count). The van der Waals surface area contributed by atoms with E-state index in [1.807, 2.05) is 0 Å². The summed E-state index contributed by atoms with van der Waals surface area (Å²) in [5.41, 5.74) is 2.78. The fourth-order valence-corrected chi connectivity index (χ4v) is 3.23. The lowest BCUT2D eigenvalue weighted by Crippen LogP contribution is -2.27. The monoisotopic (exact) mass is 215 g/mol. The maximum absolute atomic E-state index is 12.1. The maximum atomic E-state index is 12.1. The largest absolute Gasteiger partial charge is 0.329 e. The van der Waals surface area contributed by atoms with Gasteiger partial charge in [-0.15, -0.1) is 0 Å². The molecule has 1 amide bonds. The quantitative estimate of drug-likeness (QED) is 0.741. The molecule has 2 aliphatic heterocycles. The van der Waals surface area contributed by atoms with E-state index in [0.29, 0.717) is 24.4 Å². The third-order valence-electron chi connectivity index (χ3n) is 3.85. The first-order chi connectivity index (χ1) is 7.83. The molecule has 2 nitrogen and oxygen atoms in total. The van der Waals surface area contributed by atoms with Crippen LogP contribution in [0.3, 0.4) is 0 Å². The molecule has 2 heterocycles. The number of benzene rings is 1. The van der Waals surface area contributed by atoms with E-state index in [1.165, 1.54) is 11.1 Å². The molecule has 0 spiro atoms. The summed E-state index contributed by atoms with van der Waals surface area (Å²) < 4.78 is 0. The van der Waals surface area contributed by atoms with Crippen LogP contribution in [0.5, 0.6) is 0 Å². The highest BCUT2D eigenvalue weighted by Gasteiger charge is 2.45. The van der Waals surface area contributed by atoms with Crippen molar-refractivity contribution in [2.24, 2.45) is 0 Å². The Morgan fingerprint density at radius 1 is 1.25 bits per heavy atom. The first kappa shape index (κ1) is 9.88. The zero-order chi connectivity index (χ0) is 11.1. The summed E-state index contributed by atoms with van der Waals surface area (Å²) in [6, 6.07) is 9.29. The van der Waals surface area contributed by atoms with Gasteiger partial charge in [0.25, 0.3) is 0 Å². The minimum atomic E-state index is 0.339. The Kier molecular flexibility index (Phi) is 2.23. The predicted molar refractivity (Wildman–Crippen MR) is 62.9 cm³/mol. The van der Waals surface area contributed by atoms with E-state index in [2.05, 4.69) is 36.1 Å². The van der Waals surface area contributed by atoms with Gasteiger partial charge in [0, 0.05) is 6.42 Å². The van der Waals surface area contributed by atoms with Gasteiger partial charge in [0.05, 0.1) is 12.1 Å². The van der Waals surface area contributed by atoms with Crippen LogP contribution in [0.15, 0.2) is 24.3 Å². The van der Waals surface area contributed by atoms with Crippen molar-refractivity contribution in [1.29, 1.82) is 0 Å². The van der Waals surface area contributed by atoms with Gasteiger partial charge in [-0.25, -0.2) is 0 Å². The van der Waals surface area contributed by atoms with E-state index in [1.54, 1.807) is 0 Å². The molecule has 1 aromatic rings. The van der Waals surface area contributed by atoms with Crippen LogP contribution in [0.1, 0.15) is 55.8 Å². The van der Waals surface area contributed by atoms with Crippen molar-refractivity contribution in [3.8, 4) is 0 Å². The molecule has 2 heteroatoms. The van der Waals surface area contributed by atoms with Crippen LogP contribution in [-0.4, -0.2) is 10.8 Å². The fraction of sp³-hybridized carbons (Fsp3) is 0.500. The van der Waals surface area contributed by atoms with Crippen LogP contribution >= 0.6 is 0 Å². The second kappa shape index (κ2) is 3.62. The van der Waals surface area contributed by atoms with E-state index in [-0.39, 0.29) is 0 Å². The van der Waals surface area contributed by atoms with Crippen molar-refractivity contribution in [2.75, 3.05) is 0 Å². The second-order valence-electron chi connectivity index (χ2n) is 4.79. The molecule has 0 aromatic heterocycles. The van der Waals surface area contributed by atoms with Crippen molar-refractivity contribution < 1.29 is 4.79 Å². The Balaban J connectivity index is 1.95. The zero-order valence-corrected chi connectivity index (χ0v) is 9.65. The van der Waals surface area contributed by atoms with Crippen LogP contribution in [0.2, 0.25) is 0 Å². The molecule has 2 aliphatic rings. The Bertz CT molecular complexity index is 395. The summed E-state index contributed by atoms with van der Waals surface area (Å²) in [6.07, 6.45) is 3.94. The van der Waals surface area contributed by atoms with E-state index in [0.717, 1.165) is 19.3 Å². The van der Waals surface area contributed by atoms with Crippen LogP contribution < -0.4 is 0 Å². The average molecular weight is 215 g/mol. The molecular weight excluding hydrogens is 198 g/mol. The predicted octanol–water partition coefficient (Wildman–Crippen LogP) is 3.20. The number of carbonyl (C=O) groups is 1. The molecule has 2 unspecified atom stereocenters. The molecule has 2 atom stereocenters. The molecule has 1 aromatic carbocycles. The number of amides is 1. The summed E-state index contributed by atoms with van der Waals surface area (Å²) in [4.78, 5) is 14.2. The molecule has 0 N–H and O–H groups in total. The van der Waals surface area contributed by atoms with Crippen molar-refractivity contribution in [2.45, 2.75) is 44.7 Å². The first-order valence-corrected chi connectivity index (χ1v) is 6.23. The SMILES string of the molecule is CCCC(=O)N1C2CCC1c1ccccc12. The van der Waals surface area contributed by atoms with Gasteiger partial charge in [-0.3, -0.25) is 4.79 Å². The molecule has 0 aliphatic carbocycles.